The number of hydrogen-bond donors (Lipinski definition) is 1. The third-order valence-electron chi connectivity index (χ3n) is 5.84. The van der Waals surface area contributed by atoms with Crippen LogP contribution in [0.5, 0.6) is 0 Å². The molecule has 3 aromatic rings. The molecule has 3 aromatic carbocycles. The summed E-state index contributed by atoms with van der Waals surface area (Å²) in [7, 11) is -3.69. The van der Waals surface area contributed by atoms with Crippen LogP contribution < -0.4 is 5.32 Å². The van der Waals surface area contributed by atoms with Crippen molar-refractivity contribution in [3.05, 3.63) is 78.1 Å². The first-order chi connectivity index (χ1) is 14.8. The van der Waals surface area contributed by atoms with Crippen molar-refractivity contribution in [3.8, 4) is 0 Å². The van der Waals surface area contributed by atoms with Crippen LogP contribution in [0.3, 0.4) is 0 Å². The Balaban J connectivity index is 1.47. The van der Waals surface area contributed by atoms with Gasteiger partial charge in [0.1, 0.15) is 5.82 Å². The molecule has 0 aliphatic carbocycles. The number of piperidine rings is 1. The molecule has 5 nitrogen and oxygen atoms in total. The largest absolute Gasteiger partial charge is 0.349 e. The number of nitrogens with one attached hydrogen (secondary N) is 1. The van der Waals surface area contributed by atoms with E-state index in [1.54, 1.807) is 30.3 Å². The number of carbonyl (C=O) groups excluding carboxylic acids is 1. The Morgan fingerprint density at radius 2 is 1.77 bits per heavy atom. The van der Waals surface area contributed by atoms with Gasteiger partial charge < -0.3 is 5.32 Å². The minimum Gasteiger partial charge on any atom is -0.349 e. The average molecular weight is 441 g/mol. The van der Waals surface area contributed by atoms with E-state index in [-0.39, 0.29) is 29.2 Å². The van der Waals surface area contributed by atoms with Crippen LogP contribution in [0, 0.1) is 11.7 Å². The minimum absolute atomic E-state index is 0.150. The van der Waals surface area contributed by atoms with E-state index in [9.17, 15) is 17.6 Å². The lowest BCUT2D eigenvalue weighted by molar-refractivity contribution is -0.126. The van der Waals surface area contributed by atoms with E-state index in [1.165, 1.54) is 16.4 Å². The molecule has 0 aromatic heterocycles. The molecule has 1 N–H and O–H groups in total. The number of amides is 1. The second-order valence-corrected chi connectivity index (χ2v) is 9.93. The van der Waals surface area contributed by atoms with Gasteiger partial charge in [0.05, 0.1) is 16.9 Å². The zero-order valence-electron chi connectivity index (χ0n) is 17.3. The molecule has 1 amide bonds. The highest BCUT2D eigenvalue weighted by Crippen LogP contribution is 2.27. The monoisotopic (exact) mass is 440 g/mol. The molecule has 2 atom stereocenters. The van der Waals surface area contributed by atoms with Gasteiger partial charge >= 0.3 is 0 Å². The van der Waals surface area contributed by atoms with Crippen LogP contribution in [-0.4, -0.2) is 31.7 Å². The van der Waals surface area contributed by atoms with Crippen LogP contribution >= 0.6 is 0 Å². The first kappa shape index (κ1) is 21.5. The van der Waals surface area contributed by atoms with Crippen molar-refractivity contribution >= 4 is 26.7 Å². The molecular formula is C24H25FN2O3S. The Labute approximate surface area is 181 Å². The molecule has 31 heavy (non-hydrogen) atoms. The van der Waals surface area contributed by atoms with Gasteiger partial charge in [-0.25, -0.2) is 12.8 Å². The van der Waals surface area contributed by atoms with E-state index in [0.717, 1.165) is 16.3 Å². The minimum atomic E-state index is -3.69. The fourth-order valence-corrected chi connectivity index (χ4v) is 5.58. The number of benzene rings is 3. The zero-order valence-corrected chi connectivity index (χ0v) is 18.1. The second-order valence-electron chi connectivity index (χ2n) is 7.99. The topological polar surface area (TPSA) is 66.5 Å². The molecule has 0 radical (unpaired) electrons. The lowest BCUT2D eigenvalue weighted by atomic mass is 9.98. The average Bonchev–Trinajstić information content (AvgIpc) is 2.79. The van der Waals surface area contributed by atoms with E-state index < -0.39 is 15.9 Å². The summed E-state index contributed by atoms with van der Waals surface area (Å²) >= 11 is 0. The number of rotatable bonds is 5. The van der Waals surface area contributed by atoms with Crippen molar-refractivity contribution in [1.29, 1.82) is 0 Å². The van der Waals surface area contributed by atoms with Gasteiger partial charge in [-0.1, -0.05) is 42.5 Å². The molecule has 1 aliphatic heterocycles. The SMILES string of the molecule is CC(NC(=O)C1CCCN(S(=O)(=O)c2ccc3ccccc3c2)C1)c1ccc(F)cc1. The number of nitrogens with zero attached hydrogens (tertiary/aromatic N) is 1. The van der Waals surface area contributed by atoms with E-state index in [1.807, 2.05) is 31.2 Å². The molecule has 7 heteroatoms. The van der Waals surface area contributed by atoms with Crippen LogP contribution in [0.2, 0.25) is 0 Å². The summed E-state index contributed by atoms with van der Waals surface area (Å²) in [6.07, 6.45) is 1.25. The third kappa shape index (κ3) is 4.62. The molecular weight excluding hydrogens is 415 g/mol. The molecule has 1 fully saturated rings. The summed E-state index contributed by atoms with van der Waals surface area (Å²) in [5, 5.41) is 4.78. The molecule has 0 bridgehead atoms. The second kappa shape index (κ2) is 8.77. The fourth-order valence-electron chi connectivity index (χ4n) is 4.02. The first-order valence-electron chi connectivity index (χ1n) is 10.4. The number of hydrogen-bond acceptors (Lipinski definition) is 3. The molecule has 1 heterocycles. The highest BCUT2D eigenvalue weighted by atomic mass is 32.2. The lowest BCUT2D eigenvalue weighted by Crippen LogP contribution is -2.45. The van der Waals surface area contributed by atoms with E-state index in [2.05, 4.69) is 5.32 Å². The van der Waals surface area contributed by atoms with Crippen LogP contribution in [0.4, 0.5) is 4.39 Å². The zero-order chi connectivity index (χ0) is 22.0. The lowest BCUT2D eigenvalue weighted by Gasteiger charge is -2.32. The van der Waals surface area contributed by atoms with Crippen molar-refractivity contribution in [2.45, 2.75) is 30.7 Å². The summed E-state index contributed by atoms with van der Waals surface area (Å²) in [6, 6.07) is 18.4. The Bertz CT molecular complexity index is 1190. The molecule has 0 spiro atoms. The van der Waals surface area contributed by atoms with Gasteiger partial charge in [0.2, 0.25) is 15.9 Å². The summed E-state index contributed by atoms with van der Waals surface area (Å²) in [5.74, 6) is -0.939. The molecule has 162 valence electrons. The Hall–Kier alpha value is -2.77. The number of halogens is 1. The number of fused-ring (bicyclic) bond motifs is 1. The number of carbonyl (C=O) groups is 1. The maximum Gasteiger partial charge on any atom is 0.243 e. The van der Waals surface area contributed by atoms with Crippen molar-refractivity contribution in [1.82, 2.24) is 9.62 Å². The van der Waals surface area contributed by atoms with Gasteiger partial charge in [0.15, 0.2) is 0 Å². The predicted molar refractivity (Wildman–Crippen MR) is 118 cm³/mol. The maximum absolute atomic E-state index is 13.2. The van der Waals surface area contributed by atoms with E-state index in [4.69, 9.17) is 0 Å². The third-order valence-corrected chi connectivity index (χ3v) is 7.70. The van der Waals surface area contributed by atoms with Crippen molar-refractivity contribution in [3.63, 3.8) is 0 Å². The molecule has 1 aliphatic rings. The summed E-state index contributed by atoms with van der Waals surface area (Å²) in [6.45, 7) is 2.38. The van der Waals surface area contributed by atoms with Gasteiger partial charge in [-0.05, 0) is 60.4 Å². The molecule has 0 saturated carbocycles. The highest BCUT2D eigenvalue weighted by Gasteiger charge is 2.33. The Morgan fingerprint density at radius 3 is 2.52 bits per heavy atom. The van der Waals surface area contributed by atoms with Crippen molar-refractivity contribution in [2.75, 3.05) is 13.1 Å². The molecule has 4 rings (SSSR count). The van der Waals surface area contributed by atoms with Crippen LogP contribution in [-0.2, 0) is 14.8 Å². The summed E-state index contributed by atoms with van der Waals surface area (Å²) < 4.78 is 41.0. The standard InChI is InChI=1S/C24H25FN2O3S/c1-17(18-8-11-22(25)12-9-18)26-24(28)21-7-4-14-27(16-21)31(29,30)23-13-10-19-5-2-3-6-20(19)15-23/h2-3,5-6,8-13,15,17,21H,4,7,14,16H2,1H3,(H,26,28). The fraction of sp³-hybridized carbons (Fsp3) is 0.292. The van der Waals surface area contributed by atoms with Gasteiger partial charge in [-0.15, -0.1) is 0 Å². The van der Waals surface area contributed by atoms with E-state index >= 15 is 0 Å². The number of sulfonamides is 1. The van der Waals surface area contributed by atoms with Gasteiger partial charge in [-0.3, -0.25) is 4.79 Å². The predicted octanol–water partition coefficient (Wildman–Crippen LogP) is 4.26. The van der Waals surface area contributed by atoms with Crippen molar-refractivity contribution in [2.24, 2.45) is 5.92 Å². The molecule has 1 saturated heterocycles. The summed E-state index contributed by atoms with van der Waals surface area (Å²) in [4.78, 5) is 13.1. The van der Waals surface area contributed by atoms with Crippen LogP contribution in [0.15, 0.2) is 71.6 Å². The van der Waals surface area contributed by atoms with Crippen molar-refractivity contribution < 1.29 is 17.6 Å². The first-order valence-corrected chi connectivity index (χ1v) is 11.8. The Kier molecular flexibility index (Phi) is 6.07. The maximum atomic E-state index is 13.2. The summed E-state index contributed by atoms with van der Waals surface area (Å²) in [5.41, 5.74) is 0.797. The smallest absolute Gasteiger partial charge is 0.243 e. The quantitative estimate of drug-likeness (QED) is 0.645. The molecule has 2 unspecified atom stereocenters. The Morgan fingerprint density at radius 1 is 1.06 bits per heavy atom. The van der Waals surface area contributed by atoms with Gasteiger partial charge in [0.25, 0.3) is 0 Å². The van der Waals surface area contributed by atoms with Crippen LogP contribution in [0.1, 0.15) is 31.4 Å². The highest BCUT2D eigenvalue weighted by molar-refractivity contribution is 7.89. The van der Waals surface area contributed by atoms with E-state index in [0.29, 0.717) is 19.4 Å². The van der Waals surface area contributed by atoms with Gasteiger partial charge in [0, 0.05) is 13.1 Å². The normalized spacial score (nSPS) is 18.6. The van der Waals surface area contributed by atoms with Gasteiger partial charge in [-0.2, -0.15) is 4.31 Å². The van der Waals surface area contributed by atoms with Crippen LogP contribution in [0.25, 0.3) is 10.8 Å².